The molecule has 0 amide bonds. The van der Waals surface area contributed by atoms with Crippen molar-refractivity contribution < 1.29 is 0 Å². The summed E-state index contributed by atoms with van der Waals surface area (Å²) in [6.45, 7) is 1.05. The monoisotopic (exact) mass is 312 g/mol. The van der Waals surface area contributed by atoms with Gasteiger partial charge in [0.2, 0.25) is 0 Å². The maximum Gasteiger partial charge on any atom is 0.0782 e. The Hall–Kier alpha value is -2.87. The van der Waals surface area contributed by atoms with Crippen LogP contribution in [-0.2, 0) is 6.42 Å². The van der Waals surface area contributed by atoms with E-state index in [-0.39, 0.29) is 0 Å². The highest BCUT2D eigenvalue weighted by Crippen LogP contribution is 2.26. The van der Waals surface area contributed by atoms with E-state index in [4.69, 9.17) is 4.99 Å². The largest absolute Gasteiger partial charge is 0.385 e. The van der Waals surface area contributed by atoms with Crippen molar-refractivity contribution in [2.45, 2.75) is 12.8 Å². The Morgan fingerprint density at radius 3 is 2.33 bits per heavy atom. The third-order valence-electron chi connectivity index (χ3n) is 4.37. The van der Waals surface area contributed by atoms with Gasteiger partial charge in [-0.05, 0) is 36.6 Å². The first kappa shape index (κ1) is 14.7. The summed E-state index contributed by atoms with van der Waals surface area (Å²) in [5.74, 6) is 0. The second kappa shape index (κ2) is 6.71. The lowest BCUT2D eigenvalue weighted by molar-refractivity contribution is 0.830. The molecular formula is C22H20N2. The summed E-state index contributed by atoms with van der Waals surface area (Å²) in [4.78, 5) is 4.94. The lowest BCUT2D eigenvalue weighted by Crippen LogP contribution is -2.13. The molecule has 118 valence electrons. The van der Waals surface area contributed by atoms with Crippen LogP contribution in [0, 0.1) is 0 Å². The molecule has 3 aromatic carbocycles. The molecule has 24 heavy (non-hydrogen) atoms. The number of nitrogens with one attached hydrogen (secondary N) is 1. The molecule has 0 bridgehead atoms. The van der Waals surface area contributed by atoms with Crippen LogP contribution >= 0.6 is 0 Å². The first-order chi connectivity index (χ1) is 11.9. The fraction of sp³-hybridized carbons (Fsp3) is 0.136. The van der Waals surface area contributed by atoms with Gasteiger partial charge in [0.05, 0.1) is 11.4 Å². The van der Waals surface area contributed by atoms with E-state index in [1.54, 1.807) is 0 Å². The number of para-hydroxylation sites is 1. The number of nitrogens with zero attached hydrogens (tertiary/aromatic N) is 1. The van der Waals surface area contributed by atoms with Gasteiger partial charge >= 0.3 is 0 Å². The normalized spacial score (nSPS) is 13.9. The zero-order valence-corrected chi connectivity index (χ0v) is 13.6. The first-order valence-corrected chi connectivity index (χ1v) is 8.46. The SMILES string of the molecule is c1ccc(N=C(c2ccccc2)c2ccc3c(c2)NCCC3)cc1. The van der Waals surface area contributed by atoms with E-state index >= 15 is 0 Å². The lowest BCUT2D eigenvalue weighted by atomic mass is 9.96. The van der Waals surface area contributed by atoms with Gasteiger partial charge in [-0.2, -0.15) is 0 Å². The summed E-state index contributed by atoms with van der Waals surface area (Å²) in [7, 11) is 0. The van der Waals surface area contributed by atoms with Crippen LogP contribution < -0.4 is 5.32 Å². The highest BCUT2D eigenvalue weighted by molar-refractivity contribution is 6.14. The van der Waals surface area contributed by atoms with Gasteiger partial charge in [-0.15, -0.1) is 0 Å². The molecule has 4 rings (SSSR count). The zero-order valence-electron chi connectivity index (χ0n) is 13.6. The van der Waals surface area contributed by atoms with Crippen molar-refractivity contribution in [3.05, 3.63) is 95.6 Å². The topological polar surface area (TPSA) is 24.4 Å². The van der Waals surface area contributed by atoms with Crippen molar-refractivity contribution in [1.29, 1.82) is 0 Å². The minimum Gasteiger partial charge on any atom is -0.385 e. The quantitative estimate of drug-likeness (QED) is 0.659. The third-order valence-corrected chi connectivity index (χ3v) is 4.37. The third kappa shape index (κ3) is 3.09. The van der Waals surface area contributed by atoms with Gasteiger partial charge in [0.15, 0.2) is 0 Å². The summed E-state index contributed by atoms with van der Waals surface area (Å²) in [5, 5.41) is 3.52. The van der Waals surface area contributed by atoms with E-state index in [2.05, 4.69) is 47.8 Å². The molecule has 0 saturated heterocycles. The van der Waals surface area contributed by atoms with Gasteiger partial charge in [-0.25, -0.2) is 4.99 Å². The minimum atomic E-state index is 0.974. The molecule has 1 aliphatic rings. The van der Waals surface area contributed by atoms with E-state index in [1.807, 2.05) is 36.4 Å². The Morgan fingerprint density at radius 1 is 0.792 bits per heavy atom. The van der Waals surface area contributed by atoms with Crippen LogP contribution in [0.25, 0.3) is 0 Å². The van der Waals surface area contributed by atoms with Crippen molar-refractivity contribution in [1.82, 2.24) is 0 Å². The number of benzene rings is 3. The van der Waals surface area contributed by atoms with Gasteiger partial charge in [-0.1, -0.05) is 60.7 Å². The molecule has 0 aromatic heterocycles. The van der Waals surface area contributed by atoms with Crippen LogP contribution in [0.5, 0.6) is 0 Å². The van der Waals surface area contributed by atoms with Gasteiger partial charge in [-0.3, -0.25) is 0 Å². The Balaban J connectivity index is 1.83. The predicted molar refractivity (Wildman–Crippen MR) is 101 cm³/mol. The second-order valence-corrected chi connectivity index (χ2v) is 6.06. The van der Waals surface area contributed by atoms with Crippen LogP contribution in [0.4, 0.5) is 11.4 Å². The van der Waals surface area contributed by atoms with Crippen LogP contribution in [-0.4, -0.2) is 12.3 Å². The summed E-state index contributed by atoms with van der Waals surface area (Å²) in [5.41, 5.74) is 6.92. The van der Waals surface area contributed by atoms with Gasteiger partial charge in [0.25, 0.3) is 0 Å². The number of rotatable bonds is 3. The molecule has 2 heteroatoms. The number of hydrogen-bond donors (Lipinski definition) is 1. The zero-order chi connectivity index (χ0) is 16.2. The molecule has 0 fully saturated rings. The minimum absolute atomic E-state index is 0.974. The maximum atomic E-state index is 4.94. The Bertz CT molecular complexity index is 852. The van der Waals surface area contributed by atoms with Crippen molar-refractivity contribution in [2.75, 3.05) is 11.9 Å². The highest BCUT2D eigenvalue weighted by Gasteiger charge is 2.13. The number of aliphatic imine (C=N–C) groups is 1. The smallest absolute Gasteiger partial charge is 0.0782 e. The van der Waals surface area contributed by atoms with E-state index in [0.717, 1.165) is 35.5 Å². The molecule has 0 unspecified atom stereocenters. The molecule has 0 atom stereocenters. The van der Waals surface area contributed by atoms with Crippen molar-refractivity contribution >= 4 is 17.1 Å². The van der Waals surface area contributed by atoms with Gasteiger partial charge in [0.1, 0.15) is 0 Å². The standard InChI is InChI=1S/C22H20N2/c1-3-8-18(9-4-1)22(24-20-11-5-2-6-12-20)19-14-13-17-10-7-15-23-21(17)16-19/h1-6,8-9,11-14,16,23H,7,10,15H2. The molecule has 1 aliphatic heterocycles. The molecule has 1 heterocycles. The first-order valence-electron chi connectivity index (χ1n) is 8.46. The number of anilines is 1. The molecule has 0 aliphatic carbocycles. The van der Waals surface area contributed by atoms with E-state index in [1.165, 1.54) is 17.7 Å². The van der Waals surface area contributed by atoms with Crippen LogP contribution in [0.3, 0.4) is 0 Å². The maximum absolute atomic E-state index is 4.94. The Kier molecular flexibility index (Phi) is 4.11. The van der Waals surface area contributed by atoms with Crippen molar-refractivity contribution in [2.24, 2.45) is 4.99 Å². The van der Waals surface area contributed by atoms with E-state index < -0.39 is 0 Å². The average Bonchev–Trinajstić information content (AvgIpc) is 2.67. The van der Waals surface area contributed by atoms with E-state index in [9.17, 15) is 0 Å². The number of aryl methyl sites for hydroxylation is 1. The molecule has 0 saturated carbocycles. The lowest BCUT2D eigenvalue weighted by Gasteiger charge is -2.19. The molecule has 0 spiro atoms. The number of fused-ring (bicyclic) bond motifs is 1. The molecule has 0 radical (unpaired) electrons. The van der Waals surface area contributed by atoms with Gasteiger partial charge in [0, 0.05) is 23.4 Å². The summed E-state index contributed by atoms with van der Waals surface area (Å²) < 4.78 is 0. The molecule has 1 N–H and O–H groups in total. The summed E-state index contributed by atoms with van der Waals surface area (Å²) >= 11 is 0. The molecule has 2 nitrogen and oxygen atoms in total. The average molecular weight is 312 g/mol. The van der Waals surface area contributed by atoms with Crippen LogP contribution in [0.15, 0.2) is 83.9 Å². The summed E-state index contributed by atoms with van der Waals surface area (Å²) in [6, 6.07) is 27.2. The highest BCUT2D eigenvalue weighted by atomic mass is 14.9. The van der Waals surface area contributed by atoms with Gasteiger partial charge < -0.3 is 5.32 Å². The molecule has 3 aromatic rings. The summed E-state index contributed by atoms with van der Waals surface area (Å²) in [6.07, 6.45) is 2.36. The Labute approximate surface area is 142 Å². The van der Waals surface area contributed by atoms with Crippen LogP contribution in [0.1, 0.15) is 23.1 Å². The second-order valence-electron chi connectivity index (χ2n) is 6.06. The number of hydrogen-bond acceptors (Lipinski definition) is 2. The van der Waals surface area contributed by atoms with Crippen molar-refractivity contribution in [3.63, 3.8) is 0 Å². The van der Waals surface area contributed by atoms with Crippen LogP contribution in [0.2, 0.25) is 0 Å². The molecular weight excluding hydrogens is 292 g/mol. The fourth-order valence-electron chi connectivity index (χ4n) is 3.13. The fourth-order valence-corrected chi connectivity index (χ4v) is 3.13. The predicted octanol–water partition coefficient (Wildman–Crippen LogP) is 5.21. The van der Waals surface area contributed by atoms with Crippen molar-refractivity contribution in [3.8, 4) is 0 Å². The van der Waals surface area contributed by atoms with E-state index in [0.29, 0.717) is 0 Å². The Morgan fingerprint density at radius 2 is 1.54 bits per heavy atom.